The SMILES string of the molecule is CCCCCCCCC(CCCCCCCC)n1c2cc(-c3ccc(-c4cc5c(s4)C(=O)N(CCCCCCCC)C5=O)s3)sc2c2sc(-c3ccc(-c4cc5c(s4)C(=O)N(CCCCCCCC)C5=O)s3)cc21. The van der Waals surface area contributed by atoms with Gasteiger partial charge in [0.25, 0.3) is 23.6 Å². The number of rotatable bonds is 33. The van der Waals surface area contributed by atoms with Crippen molar-refractivity contribution in [1.82, 2.24) is 14.4 Å². The minimum absolute atomic E-state index is 0.129. The molecular weight excluding hydrogens is 1030 g/mol. The van der Waals surface area contributed by atoms with Crippen LogP contribution in [-0.2, 0) is 0 Å². The number of carbonyl (C=O) groups is 4. The molecule has 0 atom stereocenters. The van der Waals surface area contributed by atoms with Crippen molar-refractivity contribution in [3.63, 3.8) is 0 Å². The van der Waals surface area contributed by atoms with Gasteiger partial charge < -0.3 is 4.57 Å². The standard InChI is InChI=1S/C61H77N3O4S6/c1-5-9-13-17-21-25-29-41(30-26-22-18-14-10-6-2)64-44-39-52(48-33-31-46(69-48)50-37-42-54(71-50)60(67)62(58(42)65)35-27-23-19-15-11-7-3)73-56(44)57-45(64)40-53(74-57)49-34-32-47(70-49)51-38-43-55(72-51)61(68)63(59(43)66)36-28-24-20-16-12-8-4/h31-34,37-41H,5-30,35-36H2,1-4H3. The number of hydrogen-bond donors (Lipinski definition) is 0. The lowest BCUT2D eigenvalue weighted by Crippen LogP contribution is -2.30. The zero-order chi connectivity index (χ0) is 51.6. The van der Waals surface area contributed by atoms with Crippen LogP contribution in [0.3, 0.4) is 0 Å². The lowest BCUT2D eigenvalue weighted by molar-refractivity contribution is 0.0637. The van der Waals surface area contributed by atoms with E-state index in [4.69, 9.17) is 0 Å². The normalized spacial score (nSPS) is 13.7. The van der Waals surface area contributed by atoms with Crippen LogP contribution in [0.2, 0.25) is 0 Å². The summed E-state index contributed by atoms with van der Waals surface area (Å²) in [6.45, 7) is 10.0. The highest BCUT2D eigenvalue weighted by atomic mass is 32.1. The van der Waals surface area contributed by atoms with Gasteiger partial charge in [0, 0.05) is 58.1 Å². The molecule has 4 amide bonds. The highest BCUT2D eigenvalue weighted by molar-refractivity contribution is 7.33. The van der Waals surface area contributed by atoms with Crippen LogP contribution in [0, 0.1) is 0 Å². The predicted octanol–water partition coefficient (Wildman–Crippen LogP) is 20.8. The highest BCUT2D eigenvalue weighted by Crippen LogP contribution is 2.51. The quantitative estimate of drug-likeness (QED) is 0.0303. The molecule has 74 heavy (non-hydrogen) atoms. The van der Waals surface area contributed by atoms with E-state index >= 15 is 0 Å². The first-order chi connectivity index (χ1) is 36.2. The molecule has 13 heteroatoms. The summed E-state index contributed by atoms with van der Waals surface area (Å²) in [5, 5.41) is 0. The molecule has 7 aromatic rings. The second-order valence-electron chi connectivity index (χ2n) is 20.9. The summed E-state index contributed by atoms with van der Waals surface area (Å²) in [5.74, 6) is -0.531. The Bertz CT molecular complexity index is 2740. The number of thiophene rings is 6. The van der Waals surface area contributed by atoms with Gasteiger partial charge in [-0.25, -0.2) is 0 Å². The summed E-state index contributed by atoms with van der Waals surface area (Å²) in [4.78, 5) is 67.3. The number of hydrogen-bond acceptors (Lipinski definition) is 10. The molecule has 2 aliphatic heterocycles. The Kier molecular flexibility index (Phi) is 19.8. The smallest absolute Gasteiger partial charge is 0.271 e. The van der Waals surface area contributed by atoms with Gasteiger partial charge in [-0.15, -0.1) is 68.0 Å². The summed E-state index contributed by atoms with van der Waals surface area (Å²) in [5.41, 5.74) is 3.81. The van der Waals surface area contributed by atoms with Crippen LogP contribution in [0.25, 0.3) is 59.5 Å². The topological polar surface area (TPSA) is 79.7 Å². The molecule has 0 saturated heterocycles. The summed E-state index contributed by atoms with van der Waals surface area (Å²) < 4.78 is 5.44. The monoisotopic (exact) mass is 1110 g/mol. The van der Waals surface area contributed by atoms with Gasteiger partial charge in [-0.1, -0.05) is 169 Å². The molecular formula is C61H77N3O4S6. The van der Waals surface area contributed by atoms with Crippen molar-refractivity contribution < 1.29 is 19.2 Å². The van der Waals surface area contributed by atoms with Crippen LogP contribution >= 0.6 is 68.0 Å². The van der Waals surface area contributed by atoms with Crippen molar-refractivity contribution in [3.05, 3.63) is 69.4 Å². The van der Waals surface area contributed by atoms with Gasteiger partial charge in [0.15, 0.2) is 0 Å². The maximum Gasteiger partial charge on any atom is 0.271 e. The fourth-order valence-electron chi connectivity index (χ4n) is 11.0. The van der Waals surface area contributed by atoms with E-state index in [-0.39, 0.29) is 23.6 Å². The molecule has 9 rings (SSSR count). The van der Waals surface area contributed by atoms with Gasteiger partial charge >= 0.3 is 0 Å². The third-order valence-corrected chi connectivity index (χ3v) is 22.9. The molecule has 0 radical (unpaired) electrons. The number of imide groups is 2. The van der Waals surface area contributed by atoms with E-state index in [0.29, 0.717) is 40.0 Å². The molecule has 2 aliphatic rings. The van der Waals surface area contributed by atoms with Crippen LogP contribution in [0.1, 0.15) is 241 Å². The van der Waals surface area contributed by atoms with Gasteiger partial charge in [-0.05, 0) is 74.2 Å². The van der Waals surface area contributed by atoms with Gasteiger partial charge in [-0.2, -0.15) is 0 Å². The molecule has 0 unspecified atom stereocenters. The summed E-state index contributed by atoms with van der Waals surface area (Å²) in [6.07, 6.45) is 31.2. The molecule has 0 N–H and O–H groups in total. The first kappa shape index (κ1) is 55.0. The largest absolute Gasteiger partial charge is 0.336 e. The molecule has 0 aliphatic carbocycles. The van der Waals surface area contributed by atoms with Crippen LogP contribution in [-0.4, -0.2) is 51.1 Å². The van der Waals surface area contributed by atoms with Crippen LogP contribution < -0.4 is 0 Å². The number of carbonyl (C=O) groups excluding carboxylic acids is 4. The van der Waals surface area contributed by atoms with Gasteiger partial charge in [-0.3, -0.25) is 29.0 Å². The lowest BCUT2D eigenvalue weighted by Gasteiger charge is -2.21. The fourth-order valence-corrected chi connectivity index (χ4v) is 18.0. The Labute approximate surface area is 464 Å². The Balaban J connectivity index is 0.985. The fraction of sp³-hybridized carbons (Fsp3) is 0.541. The third-order valence-electron chi connectivity index (χ3n) is 15.2. The maximum atomic E-state index is 13.5. The molecule has 0 fully saturated rings. The van der Waals surface area contributed by atoms with E-state index in [0.717, 1.165) is 58.0 Å². The van der Waals surface area contributed by atoms with Crippen molar-refractivity contribution in [3.8, 4) is 39.0 Å². The second kappa shape index (κ2) is 26.6. The molecule has 7 aromatic heterocycles. The number of nitrogens with zero attached hydrogens (tertiary/aromatic N) is 3. The van der Waals surface area contributed by atoms with Crippen molar-refractivity contribution >= 4 is 112 Å². The zero-order valence-electron chi connectivity index (χ0n) is 44.4. The lowest BCUT2D eigenvalue weighted by atomic mass is 9.99. The molecule has 0 aromatic carbocycles. The van der Waals surface area contributed by atoms with Gasteiger partial charge in [0.2, 0.25) is 0 Å². The van der Waals surface area contributed by atoms with E-state index in [9.17, 15) is 19.2 Å². The molecule has 396 valence electrons. The van der Waals surface area contributed by atoms with Gasteiger partial charge in [0.05, 0.1) is 31.6 Å². The first-order valence-electron chi connectivity index (χ1n) is 28.5. The van der Waals surface area contributed by atoms with Gasteiger partial charge in [0.1, 0.15) is 9.75 Å². The molecule has 7 nitrogen and oxygen atoms in total. The van der Waals surface area contributed by atoms with Crippen LogP contribution in [0.15, 0.2) is 48.5 Å². The predicted molar refractivity (Wildman–Crippen MR) is 321 cm³/mol. The molecule has 0 spiro atoms. The van der Waals surface area contributed by atoms with Crippen molar-refractivity contribution in [2.75, 3.05) is 13.1 Å². The average molecular weight is 1110 g/mol. The Morgan fingerprint density at radius 2 is 0.676 bits per heavy atom. The maximum absolute atomic E-state index is 13.5. The molecule has 9 heterocycles. The van der Waals surface area contributed by atoms with E-state index < -0.39 is 0 Å². The Hall–Kier alpha value is -3.72. The second-order valence-corrected chi connectivity index (χ2v) is 27.3. The molecule has 0 bridgehead atoms. The first-order valence-corrected chi connectivity index (χ1v) is 33.4. The van der Waals surface area contributed by atoms with Crippen molar-refractivity contribution in [1.29, 1.82) is 0 Å². The Morgan fingerprint density at radius 3 is 1.03 bits per heavy atom. The van der Waals surface area contributed by atoms with E-state index in [2.05, 4.69) is 68.7 Å². The molecule has 0 saturated carbocycles. The minimum Gasteiger partial charge on any atom is -0.336 e. The van der Waals surface area contributed by atoms with E-state index in [1.54, 1.807) is 22.7 Å². The van der Waals surface area contributed by atoms with E-state index in [1.807, 2.05) is 34.8 Å². The zero-order valence-corrected chi connectivity index (χ0v) is 49.3. The van der Waals surface area contributed by atoms with E-state index in [1.165, 1.54) is 201 Å². The summed E-state index contributed by atoms with van der Waals surface area (Å²) >= 11 is 10.3. The Morgan fingerprint density at radius 1 is 0.351 bits per heavy atom. The van der Waals surface area contributed by atoms with Crippen LogP contribution in [0.5, 0.6) is 0 Å². The summed E-state index contributed by atoms with van der Waals surface area (Å²) in [7, 11) is 0. The minimum atomic E-state index is -0.137. The number of amides is 4. The third kappa shape index (κ3) is 12.3. The van der Waals surface area contributed by atoms with Crippen molar-refractivity contribution in [2.45, 2.75) is 201 Å². The average Bonchev–Trinajstić information content (AvgIpc) is 4.27. The number of aromatic nitrogens is 1. The number of unbranched alkanes of at least 4 members (excludes halogenated alkanes) is 20. The highest BCUT2D eigenvalue weighted by Gasteiger charge is 2.39. The van der Waals surface area contributed by atoms with Crippen LogP contribution in [0.4, 0.5) is 0 Å². The summed E-state index contributed by atoms with van der Waals surface area (Å²) in [6, 6.07) is 18.1. The number of fused-ring (bicyclic) bond motifs is 5. The van der Waals surface area contributed by atoms with Crippen molar-refractivity contribution in [2.24, 2.45) is 0 Å².